The number of hydrogen-bond acceptors (Lipinski definition) is 5. The van der Waals surface area contributed by atoms with Gasteiger partial charge in [-0.1, -0.05) is 34.1 Å². The number of methoxy groups -OCH3 is 1. The molecule has 1 aromatic rings. The molecule has 0 aliphatic heterocycles. The van der Waals surface area contributed by atoms with Crippen LogP contribution in [0.3, 0.4) is 0 Å². The standard InChI is InChI=1S/C29H43FN2O6/c1-16(2)25(17(3)4)32-26(33)19-8-7-9-22(19)31-27(34)20-14-24(21(30)15-23(20)37-6)38-18-10-12-29(5,13-11-18)28(35)36/h14-19,22,25H,7-13H2,1-6H3,(H,31,34)(H,32,33)(H,35,36)/t18-,19-,22+,29+/m0/s1. The lowest BCUT2D eigenvalue weighted by Crippen LogP contribution is -2.49. The maximum atomic E-state index is 14.9. The molecule has 0 aromatic heterocycles. The molecule has 2 aliphatic rings. The van der Waals surface area contributed by atoms with Gasteiger partial charge >= 0.3 is 5.97 Å². The Labute approximate surface area is 225 Å². The van der Waals surface area contributed by atoms with E-state index >= 15 is 0 Å². The first-order valence-corrected chi connectivity index (χ1v) is 13.7. The van der Waals surface area contributed by atoms with Crippen molar-refractivity contribution in [3.8, 4) is 11.5 Å². The van der Waals surface area contributed by atoms with E-state index in [-0.39, 0.29) is 58.9 Å². The SMILES string of the molecule is COc1cc(F)c(O[C@H]2CC[C@@](C)(C(=O)O)CC2)cc1C(=O)N[C@@H]1CCC[C@@H]1C(=O)NC(C(C)C)C(C)C. The largest absolute Gasteiger partial charge is 0.496 e. The van der Waals surface area contributed by atoms with E-state index in [0.29, 0.717) is 38.5 Å². The second-order valence-electron chi connectivity index (χ2n) is 11.8. The maximum absolute atomic E-state index is 14.9. The van der Waals surface area contributed by atoms with E-state index in [2.05, 4.69) is 38.3 Å². The number of rotatable bonds is 10. The van der Waals surface area contributed by atoms with Crippen molar-refractivity contribution >= 4 is 17.8 Å². The number of ether oxygens (including phenoxy) is 2. The number of carbonyl (C=O) groups excluding carboxylic acids is 2. The third-order valence-corrected chi connectivity index (χ3v) is 8.26. The van der Waals surface area contributed by atoms with Gasteiger partial charge in [0.2, 0.25) is 5.91 Å². The van der Waals surface area contributed by atoms with E-state index < -0.39 is 23.1 Å². The maximum Gasteiger partial charge on any atom is 0.309 e. The molecule has 1 aromatic carbocycles. The molecule has 38 heavy (non-hydrogen) atoms. The van der Waals surface area contributed by atoms with Crippen LogP contribution >= 0.6 is 0 Å². The molecular weight excluding hydrogens is 491 g/mol. The molecule has 8 nitrogen and oxygen atoms in total. The van der Waals surface area contributed by atoms with Crippen molar-refractivity contribution in [1.29, 1.82) is 0 Å². The lowest BCUT2D eigenvalue weighted by molar-refractivity contribution is -0.150. The average molecular weight is 535 g/mol. The lowest BCUT2D eigenvalue weighted by Gasteiger charge is -2.34. The quantitative estimate of drug-likeness (QED) is 0.392. The van der Waals surface area contributed by atoms with Gasteiger partial charge in [0.25, 0.3) is 5.91 Å². The minimum absolute atomic E-state index is 0.0458. The molecule has 2 fully saturated rings. The molecule has 0 bridgehead atoms. The Bertz CT molecular complexity index is 1010. The fraction of sp³-hybridized carbons (Fsp3) is 0.690. The smallest absolute Gasteiger partial charge is 0.309 e. The molecule has 0 saturated heterocycles. The Balaban J connectivity index is 1.72. The summed E-state index contributed by atoms with van der Waals surface area (Å²) in [6.45, 7) is 10.0. The first-order valence-electron chi connectivity index (χ1n) is 13.7. The second-order valence-corrected chi connectivity index (χ2v) is 11.8. The number of amides is 2. The monoisotopic (exact) mass is 534 g/mol. The summed E-state index contributed by atoms with van der Waals surface area (Å²) in [5.41, 5.74) is -0.680. The van der Waals surface area contributed by atoms with Crippen LogP contribution in [0.4, 0.5) is 4.39 Å². The highest BCUT2D eigenvalue weighted by molar-refractivity contribution is 5.98. The molecule has 2 atom stereocenters. The lowest BCUT2D eigenvalue weighted by atomic mass is 9.75. The van der Waals surface area contributed by atoms with Gasteiger partial charge in [0.15, 0.2) is 11.6 Å². The average Bonchev–Trinajstić information content (AvgIpc) is 3.32. The van der Waals surface area contributed by atoms with Crippen molar-refractivity contribution in [2.24, 2.45) is 23.2 Å². The predicted octanol–water partition coefficient (Wildman–Crippen LogP) is 4.94. The summed E-state index contributed by atoms with van der Waals surface area (Å²) >= 11 is 0. The molecule has 0 radical (unpaired) electrons. The van der Waals surface area contributed by atoms with Gasteiger partial charge < -0.3 is 25.2 Å². The number of carbonyl (C=O) groups is 3. The van der Waals surface area contributed by atoms with Gasteiger partial charge in [-0.15, -0.1) is 0 Å². The highest BCUT2D eigenvalue weighted by Gasteiger charge is 2.39. The number of carboxylic acids is 1. The van der Waals surface area contributed by atoms with Gasteiger partial charge in [-0.25, -0.2) is 4.39 Å². The summed E-state index contributed by atoms with van der Waals surface area (Å²) in [7, 11) is 1.36. The molecule has 0 heterocycles. The van der Waals surface area contributed by atoms with Crippen LogP contribution in [0.1, 0.15) is 89.9 Å². The fourth-order valence-electron chi connectivity index (χ4n) is 5.78. The van der Waals surface area contributed by atoms with E-state index in [1.807, 2.05) is 0 Å². The summed E-state index contributed by atoms with van der Waals surface area (Å²) in [5, 5.41) is 15.6. The molecule has 3 rings (SSSR count). The minimum atomic E-state index is -0.839. The van der Waals surface area contributed by atoms with Gasteiger partial charge in [-0.2, -0.15) is 0 Å². The molecule has 0 spiro atoms. The molecule has 2 amide bonds. The normalized spacial score (nSPS) is 25.5. The van der Waals surface area contributed by atoms with Crippen LogP contribution in [0.5, 0.6) is 11.5 Å². The van der Waals surface area contributed by atoms with Crippen LogP contribution in [0.15, 0.2) is 12.1 Å². The molecule has 3 N–H and O–H groups in total. The van der Waals surface area contributed by atoms with Gasteiger partial charge in [0, 0.05) is 18.2 Å². The van der Waals surface area contributed by atoms with Crippen LogP contribution in [0, 0.1) is 29.0 Å². The van der Waals surface area contributed by atoms with Crippen LogP contribution < -0.4 is 20.1 Å². The Kier molecular flexibility index (Phi) is 9.65. The topological polar surface area (TPSA) is 114 Å². The highest BCUT2D eigenvalue weighted by Crippen LogP contribution is 2.38. The summed E-state index contributed by atoms with van der Waals surface area (Å²) in [6.07, 6.45) is 3.64. The van der Waals surface area contributed by atoms with Crippen molar-refractivity contribution in [2.45, 2.75) is 97.8 Å². The molecule has 2 aliphatic carbocycles. The summed E-state index contributed by atoms with van der Waals surface area (Å²) in [6, 6.07) is 2.17. The fourth-order valence-corrected chi connectivity index (χ4v) is 5.78. The van der Waals surface area contributed by atoms with E-state index in [9.17, 15) is 23.9 Å². The first kappa shape index (κ1) is 29.7. The van der Waals surface area contributed by atoms with Crippen LogP contribution in [-0.2, 0) is 9.59 Å². The Morgan fingerprint density at radius 1 is 1.03 bits per heavy atom. The van der Waals surface area contributed by atoms with Crippen LogP contribution in [-0.4, -0.2) is 48.2 Å². The molecule has 2 saturated carbocycles. The van der Waals surface area contributed by atoms with Crippen LogP contribution in [0.25, 0.3) is 0 Å². The van der Waals surface area contributed by atoms with E-state index in [4.69, 9.17) is 9.47 Å². The Hall–Kier alpha value is -2.84. The van der Waals surface area contributed by atoms with E-state index in [0.717, 1.165) is 12.5 Å². The van der Waals surface area contributed by atoms with E-state index in [1.165, 1.54) is 13.2 Å². The zero-order chi connectivity index (χ0) is 28.2. The van der Waals surface area contributed by atoms with Crippen molar-refractivity contribution < 1.29 is 33.4 Å². The first-order chi connectivity index (χ1) is 17.9. The third kappa shape index (κ3) is 6.77. The van der Waals surface area contributed by atoms with Gasteiger partial charge in [-0.3, -0.25) is 14.4 Å². The van der Waals surface area contributed by atoms with Crippen molar-refractivity contribution in [3.05, 3.63) is 23.5 Å². The second kappa shape index (κ2) is 12.3. The zero-order valence-corrected chi connectivity index (χ0v) is 23.4. The Morgan fingerprint density at radius 3 is 2.21 bits per heavy atom. The number of carboxylic acid groups (broad SMARTS) is 1. The molecule has 0 unspecified atom stereocenters. The van der Waals surface area contributed by atoms with Gasteiger partial charge in [0.1, 0.15) is 5.75 Å². The van der Waals surface area contributed by atoms with Gasteiger partial charge in [-0.05, 0) is 63.4 Å². The number of hydrogen-bond donors (Lipinski definition) is 3. The van der Waals surface area contributed by atoms with Crippen molar-refractivity contribution in [1.82, 2.24) is 10.6 Å². The van der Waals surface area contributed by atoms with Crippen LogP contribution in [0.2, 0.25) is 0 Å². The van der Waals surface area contributed by atoms with E-state index in [1.54, 1.807) is 6.92 Å². The third-order valence-electron chi connectivity index (χ3n) is 8.26. The molecular formula is C29H43FN2O6. The number of nitrogens with one attached hydrogen (secondary N) is 2. The van der Waals surface area contributed by atoms with Crippen molar-refractivity contribution in [2.75, 3.05) is 7.11 Å². The number of aliphatic carboxylic acids is 1. The van der Waals surface area contributed by atoms with Crippen molar-refractivity contribution in [3.63, 3.8) is 0 Å². The summed E-state index contributed by atoms with van der Waals surface area (Å²) in [5.74, 6) is -1.76. The predicted molar refractivity (Wildman–Crippen MR) is 142 cm³/mol. The molecule has 212 valence electrons. The number of halogens is 1. The van der Waals surface area contributed by atoms with Gasteiger partial charge in [0.05, 0.1) is 30.1 Å². The molecule has 9 heteroatoms. The minimum Gasteiger partial charge on any atom is -0.496 e. The highest BCUT2D eigenvalue weighted by atomic mass is 19.1. The summed E-state index contributed by atoms with van der Waals surface area (Å²) in [4.78, 5) is 38.0. The number of benzene rings is 1. The summed E-state index contributed by atoms with van der Waals surface area (Å²) < 4.78 is 26.0. The Morgan fingerprint density at radius 2 is 1.66 bits per heavy atom. The zero-order valence-electron chi connectivity index (χ0n) is 23.4.